The van der Waals surface area contributed by atoms with Gasteiger partial charge < -0.3 is 0 Å². The summed E-state index contributed by atoms with van der Waals surface area (Å²) in [5, 5.41) is 0. The normalized spacial score (nSPS) is 24.6. The molecule has 3 aromatic rings. The van der Waals surface area contributed by atoms with E-state index < -0.39 is 19.6 Å². The molecule has 2 unspecified atom stereocenters. The van der Waals surface area contributed by atoms with Gasteiger partial charge in [-0.2, -0.15) is 0 Å². The Kier molecular flexibility index (Phi) is 4.79. The third-order valence-corrected chi connectivity index (χ3v) is 10.1. The van der Waals surface area contributed by atoms with Crippen molar-refractivity contribution in [1.82, 2.24) is 4.67 Å². The van der Waals surface area contributed by atoms with E-state index in [0.29, 0.717) is 24.6 Å². The van der Waals surface area contributed by atoms with Crippen LogP contribution in [0.15, 0.2) is 84.9 Å². The van der Waals surface area contributed by atoms with Gasteiger partial charge in [0, 0.05) is 0 Å². The molecule has 156 valence electrons. The van der Waals surface area contributed by atoms with Crippen LogP contribution in [0.2, 0.25) is 0 Å². The number of rotatable bonds is 5. The molecule has 0 N–H and O–H groups in total. The van der Waals surface area contributed by atoms with Crippen LogP contribution in [0.25, 0.3) is 0 Å². The summed E-state index contributed by atoms with van der Waals surface area (Å²) < 4.78 is 29.3. The number of ether oxygens (including phenoxy) is 1. The first-order valence-electron chi connectivity index (χ1n) is 10.4. The zero-order valence-electron chi connectivity index (χ0n) is 17.2. The van der Waals surface area contributed by atoms with Crippen molar-refractivity contribution in [3.63, 3.8) is 0 Å². The molecule has 2 aliphatic heterocycles. The van der Waals surface area contributed by atoms with E-state index in [2.05, 4.69) is 30.7 Å². The van der Waals surface area contributed by atoms with E-state index in [1.54, 1.807) is 0 Å². The average Bonchev–Trinajstić information content (AvgIpc) is 3.32. The van der Waals surface area contributed by atoms with Gasteiger partial charge in [-0.05, 0) is 0 Å². The summed E-state index contributed by atoms with van der Waals surface area (Å²) >= 11 is 0. The molecule has 5 nitrogen and oxygen atoms in total. The SMILES string of the molecule is CCN(CC)P12(Oc3ccccc3O1)OC(c1ccccc1)OC2c1ccccc1. The van der Waals surface area contributed by atoms with Crippen molar-refractivity contribution < 1.29 is 18.3 Å². The molecule has 1 fully saturated rings. The Morgan fingerprint density at radius 1 is 0.700 bits per heavy atom. The van der Waals surface area contributed by atoms with Gasteiger partial charge in [0.15, 0.2) is 0 Å². The Bertz CT molecular complexity index is 1000. The van der Waals surface area contributed by atoms with E-state index in [0.717, 1.165) is 11.1 Å². The van der Waals surface area contributed by atoms with E-state index in [1.807, 2.05) is 72.8 Å². The maximum atomic E-state index is 6.87. The van der Waals surface area contributed by atoms with Gasteiger partial charge >= 0.3 is 177 Å². The predicted octanol–water partition coefficient (Wildman–Crippen LogP) is 6.46. The van der Waals surface area contributed by atoms with Crippen LogP contribution in [0.1, 0.15) is 37.1 Å². The van der Waals surface area contributed by atoms with Crippen LogP contribution in [0.4, 0.5) is 0 Å². The van der Waals surface area contributed by atoms with Gasteiger partial charge in [-0.1, -0.05) is 0 Å². The molecule has 1 spiro atoms. The molecule has 30 heavy (non-hydrogen) atoms. The Balaban J connectivity index is 1.72. The van der Waals surface area contributed by atoms with Crippen molar-refractivity contribution in [2.75, 3.05) is 13.1 Å². The molecule has 0 saturated carbocycles. The number of benzene rings is 3. The first kappa shape index (κ1) is 19.5. The van der Waals surface area contributed by atoms with Crippen LogP contribution < -0.4 is 9.05 Å². The molecule has 0 aromatic heterocycles. The summed E-state index contributed by atoms with van der Waals surface area (Å²) in [6, 6.07) is 27.9. The van der Waals surface area contributed by atoms with Gasteiger partial charge in [-0.15, -0.1) is 0 Å². The summed E-state index contributed by atoms with van der Waals surface area (Å²) in [7, 11) is -3.97. The van der Waals surface area contributed by atoms with Gasteiger partial charge in [0.25, 0.3) is 0 Å². The van der Waals surface area contributed by atoms with Gasteiger partial charge in [0.05, 0.1) is 0 Å². The summed E-state index contributed by atoms with van der Waals surface area (Å²) in [5.41, 5.74) is 1.92. The molecule has 0 amide bonds. The van der Waals surface area contributed by atoms with Crippen LogP contribution in [0, 0.1) is 0 Å². The number of para-hydroxylation sites is 2. The summed E-state index contributed by atoms with van der Waals surface area (Å²) in [4.78, 5) is 0. The van der Waals surface area contributed by atoms with Gasteiger partial charge in [-0.25, -0.2) is 0 Å². The van der Waals surface area contributed by atoms with Crippen molar-refractivity contribution >= 4 is 7.43 Å². The number of fused-ring (bicyclic) bond motifs is 1. The Morgan fingerprint density at radius 2 is 1.20 bits per heavy atom. The zero-order chi connectivity index (χ0) is 20.6. The first-order chi connectivity index (χ1) is 14.7. The van der Waals surface area contributed by atoms with E-state index in [1.165, 1.54) is 0 Å². The Hall–Kier alpha value is -2.43. The van der Waals surface area contributed by atoms with Crippen molar-refractivity contribution in [1.29, 1.82) is 0 Å². The third kappa shape index (κ3) is 2.78. The minimum absolute atomic E-state index is 0.505. The monoisotopic (exact) mass is 423 g/mol. The predicted molar refractivity (Wildman–Crippen MR) is 118 cm³/mol. The van der Waals surface area contributed by atoms with E-state index in [-0.39, 0.29) is 0 Å². The fraction of sp³-hybridized carbons (Fsp3) is 0.250. The second-order valence-corrected chi connectivity index (χ2v) is 10.8. The quantitative estimate of drug-likeness (QED) is 0.441. The van der Waals surface area contributed by atoms with Crippen LogP contribution in [-0.2, 0) is 9.26 Å². The zero-order valence-corrected chi connectivity index (χ0v) is 18.1. The fourth-order valence-corrected chi connectivity index (χ4v) is 8.99. The third-order valence-electron chi connectivity index (χ3n) is 5.71. The molecule has 2 aliphatic rings. The molecule has 1 saturated heterocycles. The Labute approximate surface area is 177 Å². The summed E-state index contributed by atoms with van der Waals surface area (Å²) in [5.74, 6) is 0.885. The van der Waals surface area contributed by atoms with E-state index >= 15 is 0 Å². The molecule has 6 heteroatoms. The topological polar surface area (TPSA) is 40.2 Å². The molecular weight excluding hydrogens is 397 g/mol. The fourth-order valence-electron chi connectivity index (χ4n) is 4.35. The van der Waals surface area contributed by atoms with Gasteiger partial charge in [-0.3, -0.25) is 0 Å². The molecule has 2 atom stereocenters. The standard InChI is InChI=1S/C24H26NO4P/c1-3-25(4-2)30(27-21-17-11-12-18-22(21)28-30)24(20-15-9-6-10-16-20)26-23(29-30)19-13-7-5-8-14-19/h5-18,23-24H,3-4H2,1-2H3. The molecule has 3 aromatic carbocycles. The molecule has 0 radical (unpaired) electrons. The van der Waals surface area contributed by atoms with Crippen molar-refractivity contribution in [3.8, 4) is 11.5 Å². The van der Waals surface area contributed by atoms with Crippen molar-refractivity contribution in [2.45, 2.75) is 26.0 Å². The number of hydrogen-bond acceptors (Lipinski definition) is 5. The second kappa shape index (κ2) is 7.36. The van der Waals surface area contributed by atoms with Gasteiger partial charge in [0.2, 0.25) is 0 Å². The summed E-state index contributed by atoms with van der Waals surface area (Å²) in [6.45, 7) is 5.61. The van der Waals surface area contributed by atoms with Crippen LogP contribution in [0.3, 0.4) is 0 Å². The maximum absolute atomic E-state index is 6.87. The number of nitrogens with zero attached hydrogens (tertiary/aromatic N) is 1. The van der Waals surface area contributed by atoms with Crippen molar-refractivity contribution in [2.24, 2.45) is 0 Å². The van der Waals surface area contributed by atoms with E-state index in [4.69, 9.17) is 18.3 Å². The summed E-state index contributed by atoms with van der Waals surface area (Å²) in [6.07, 6.45) is -0.594. The molecular formula is C24H26NO4P. The van der Waals surface area contributed by atoms with Crippen LogP contribution in [0.5, 0.6) is 11.5 Å². The first-order valence-corrected chi connectivity index (χ1v) is 12.4. The number of hydrogen-bond donors (Lipinski definition) is 0. The second-order valence-electron chi connectivity index (χ2n) is 7.42. The van der Waals surface area contributed by atoms with Crippen LogP contribution >= 0.6 is 7.43 Å². The molecule has 2 heterocycles. The van der Waals surface area contributed by atoms with E-state index in [9.17, 15) is 0 Å². The molecule has 0 aliphatic carbocycles. The molecule has 5 rings (SSSR count). The average molecular weight is 423 g/mol. The Morgan fingerprint density at radius 3 is 1.73 bits per heavy atom. The molecule has 0 bridgehead atoms. The van der Waals surface area contributed by atoms with Crippen molar-refractivity contribution in [3.05, 3.63) is 96.1 Å². The minimum atomic E-state index is -3.97. The van der Waals surface area contributed by atoms with Gasteiger partial charge in [0.1, 0.15) is 0 Å². The van der Waals surface area contributed by atoms with Crippen LogP contribution in [-0.4, -0.2) is 17.8 Å².